The number of benzene rings is 1. The number of hydrogen-bond donors (Lipinski definition) is 2. The van der Waals surface area contributed by atoms with Crippen LogP contribution in [-0.2, 0) is 21.2 Å². The van der Waals surface area contributed by atoms with Crippen LogP contribution in [0.25, 0.3) is 0 Å². The van der Waals surface area contributed by atoms with Crippen molar-refractivity contribution in [1.82, 2.24) is 15.2 Å². The fourth-order valence-corrected chi connectivity index (χ4v) is 3.67. The molecule has 0 aliphatic heterocycles. The maximum absolute atomic E-state index is 12.8. The number of nitrogens with one attached hydrogen (secondary N) is 2. The van der Waals surface area contributed by atoms with Crippen molar-refractivity contribution < 1.29 is 22.1 Å². The van der Waals surface area contributed by atoms with Gasteiger partial charge in [0.05, 0.1) is 0 Å². The first-order chi connectivity index (χ1) is 11.8. The molecule has 0 radical (unpaired) electrons. The Morgan fingerprint density at radius 1 is 1.20 bits per heavy atom. The lowest BCUT2D eigenvalue weighted by Crippen LogP contribution is -2.32. The first-order valence-corrected chi connectivity index (χ1v) is 9.21. The van der Waals surface area contributed by atoms with Gasteiger partial charge >= 0.3 is 0 Å². The second-order valence-corrected chi connectivity index (χ2v) is 7.23. The fourth-order valence-electron chi connectivity index (χ4n) is 2.32. The third-order valence-corrected chi connectivity index (χ3v) is 5.23. The highest BCUT2D eigenvalue weighted by Crippen LogP contribution is 2.18. The van der Waals surface area contributed by atoms with Crippen LogP contribution in [0.15, 0.2) is 33.7 Å². The standard InChI is InChI=1S/C16H20FN3O4S/c1-11-16(12(2)24-20-11)25(22,23)19-10-8-15(21)18-9-7-13-3-5-14(17)6-4-13/h3-6,19H,7-10H2,1-2H3,(H,18,21). The zero-order valence-corrected chi connectivity index (χ0v) is 14.8. The minimum absolute atomic E-state index is 0.00391. The van der Waals surface area contributed by atoms with Crippen LogP contribution >= 0.6 is 0 Å². The molecule has 9 heteroatoms. The summed E-state index contributed by atoms with van der Waals surface area (Å²) in [5, 5.41) is 6.29. The lowest BCUT2D eigenvalue weighted by molar-refractivity contribution is -0.120. The Morgan fingerprint density at radius 2 is 1.88 bits per heavy atom. The number of amides is 1. The van der Waals surface area contributed by atoms with E-state index in [-0.39, 0.29) is 41.0 Å². The first kappa shape index (κ1) is 19.1. The number of carbonyl (C=O) groups is 1. The molecule has 1 amide bonds. The summed E-state index contributed by atoms with van der Waals surface area (Å²) in [6.07, 6.45) is 0.572. The Labute approximate surface area is 145 Å². The summed E-state index contributed by atoms with van der Waals surface area (Å²) in [5.74, 6) is -0.379. The normalized spacial score (nSPS) is 11.5. The number of rotatable bonds is 8. The molecule has 2 rings (SSSR count). The van der Waals surface area contributed by atoms with Gasteiger partial charge in [0, 0.05) is 19.5 Å². The van der Waals surface area contributed by atoms with E-state index < -0.39 is 10.0 Å². The lowest BCUT2D eigenvalue weighted by atomic mass is 10.1. The zero-order valence-electron chi connectivity index (χ0n) is 14.0. The Morgan fingerprint density at radius 3 is 2.48 bits per heavy atom. The van der Waals surface area contributed by atoms with Gasteiger partial charge in [-0.15, -0.1) is 0 Å². The third kappa shape index (κ3) is 5.36. The van der Waals surface area contributed by atoms with Crippen LogP contribution in [0, 0.1) is 19.7 Å². The monoisotopic (exact) mass is 369 g/mol. The fraction of sp³-hybridized carbons (Fsp3) is 0.375. The van der Waals surface area contributed by atoms with Gasteiger partial charge in [0.2, 0.25) is 15.9 Å². The average molecular weight is 369 g/mol. The van der Waals surface area contributed by atoms with Crippen molar-refractivity contribution in [3.8, 4) is 0 Å². The molecule has 0 aliphatic carbocycles. The Kier molecular flexibility index (Phi) is 6.27. The molecule has 2 N–H and O–H groups in total. The van der Waals surface area contributed by atoms with Gasteiger partial charge in [-0.1, -0.05) is 17.3 Å². The van der Waals surface area contributed by atoms with Gasteiger partial charge in [-0.25, -0.2) is 17.5 Å². The van der Waals surface area contributed by atoms with Crippen LogP contribution in [0.2, 0.25) is 0 Å². The van der Waals surface area contributed by atoms with E-state index in [1.165, 1.54) is 26.0 Å². The molecule has 1 heterocycles. The number of halogens is 1. The van der Waals surface area contributed by atoms with Crippen molar-refractivity contribution in [3.05, 3.63) is 47.1 Å². The summed E-state index contributed by atoms with van der Waals surface area (Å²) in [4.78, 5) is 11.8. The van der Waals surface area contributed by atoms with Crippen LogP contribution in [0.3, 0.4) is 0 Å². The quantitative estimate of drug-likeness (QED) is 0.734. The van der Waals surface area contributed by atoms with E-state index in [4.69, 9.17) is 4.52 Å². The molecule has 0 saturated heterocycles. The van der Waals surface area contributed by atoms with Crippen LogP contribution in [0.5, 0.6) is 0 Å². The highest BCUT2D eigenvalue weighted by molar-refractivity contribution is 7.89. The van der Waals surface area contributed by atoms with Gasteiger partial charge in [0.15, 0.2) is 5.76 Å². The molecule has 0 saturated carbocycles. The van der Waals surface area contributed by atoms with Crippen LogP contribution in [0.1, 0.15) is 23.4 Å². The molecule has 0 fully saturated rings. The zero-order chi connectivity index (χ0) is 18.4. The van der Waals surface area contributed by atoms with Crippen LogP contribution in [-0.4, -0.2) is 32.6 Å². The van der Waals surface area contributed by atoms with Gasteiger partial charge in [0.25, 0.3) is 0 Å². The summed E-state index contributed by atoms with van der Waals surface area (Å²) >= 11 is 0. The first-order valence-electron chi connectivity index (χ1n) is 7.73. The molecule has 0 spiro atoms. The van der Waals surface area contributed by atoms with Crippen molar-refractivity contribution >= 4 is 15.9 Å². The predicted molar refractivity (Wildman–Crippen MR) is 88.9 cm³/mol. The molecule has 7 nitrogen and oxygen atoms in total. The maximum atomic E-state index is 12.8. The molecule has 136 valence electrons. The Bertz CT molecular complexity index is 812. The highest BCUT2D eigenvalue weighted by atomic mass is 32.2. The average Bonchev–Trinajstić information content (AvgIpc) is 2.88. The number of sulfonamides is 1. The number of carbonyl (C=O) groups excluding carboxylic acids is 1. The molecule has 2 aromatic rings. The molecule has 1 aromatic heterocycles. The van der Waals surface area contributed by atoms with E-state index in [0.717, 1.165) is 5.56 Å². The largest absolute Gasteiger partial charge is 0.360 e. The van der Waals surface area contributed by atoms with Gasteiger partial charge in [-0.2, -0.15) is 0 Å². The highest BCUT2D eigenvalue weighted by Gasteiger charge is 2.23. The van der Waals surface area contributed by atoms with E-state index in [1.54, 1.807) is 12.1 Å². The van der Waals surface area contributed by atoms with E-state index >= 15 is 0 Å². The van der Waals surface area contributed by atoms with E-state index in [1.807, 2.05) is 0 Å². The second-order valence-electron chi connectivity index (χ2n) is 5.53. The van der Waals surface area contributed by atoms with Crippen molar-refractivity contribution in [3.63, 3.8) is 0 Å². The summed E-state index contributed by atoms with van der Waals surface area (Å²) in [7, 11) is -3.76. The van der Waals surface area contributed by atoms with Crippen molar-refractivity contribution in [2.75, 3.05) is 13.1 Å². The SMILES string of the molecule is Cc1noc(C)c1S(=O)(=O)NCCC(=O)NCCc1ccc(F)cc1. The molecule has 1 aromatic carbocycles. The van der Waals surface area contributed by atoms with Gasteiger partial charge < -0.3 is 9.84 Å². The van der Waals surface area contributed by atoms with Gasteiger partial charge in [-0.3, -0.25) is 4.79 Å². The van der Waals surface area contributed by atoms with Crippen LogP contribution in [0.4, 0.5) is 4.39 Å². The van der Waals surface area contributed by atoms with Crippen molar-refractivity contribution in [2.45, 2.75) is 31.6 Å². The van der Waals surface area contributed by atoms with E-state index in [9.17, 15) is 17.6 Å². The van der Waals surface area contributed by atoms with E-state index in [0.29, 0.717) is 13.0 Å². The minimum atomic E-state index is -3.76. The molecular formula is C16H20FN3O4S. The number of aryl methyl sites for hydroxylation is 2. The number of aromatic nitrogens is 1. The molecular weight excluding hydrogens is 349 g/mol. The minimum Gasteiger partial charge on any atom is -0.360 e. The Balaban J connectivity index is 1.74. The lowest BCUT2D eigenvalue weighted by Gasteiger charge is -2.07. The molecule has 25 heavy (non-hydrogen) atoms. The van der Waals surface area contributed by atoms with Gasteiger partial charge in [0.1, 0.15) is 16.4 Å². The molecule has 0 bridgehead atoms. The van der Waals surface area contributed by atoms with E-state index in [2.05, 4.69) is 15.2 Å². The third-order valence-electron chi connectivity index (χ3n) is 3.53. The van der Waals surface area contributed by atoms with Crippen LogP contribution < -0.4 is 10.0 Å². The molecule has 0 unspecified atom stereocenters. The summed E-state index contributed by atoms with van der Waals surface area (Å²) in [5.41, 5.74) is 1.18. The Hall–Kier alpha value is -2.26. The predicted octanol–water partition coefficient (Wildman–Crippen LogP) is 1.46. The molecule has 0 atom stereocenters. The smallest absolute Gasteiger partial charge is 0.245 e. The second kappa shape index (κ2) is 8.21. The van der Waals surface area contributed by atoms with Gasteiger partial charge in [-0.05, 0) is 38.0 Å². The van der Waals surface area contributed by atoms with Crippen molar-refractivity contribution in [2.24, 2.45) is 0 Å². The molecule has 0 aliphatic rings. The number of nitrogens with zero attached hydrogens (tertiary/aromatic N) is 1. The summed E-state index contributed by atoms with van der Waals surface area (Å²) < 4.78 is 44.3. The summed E-state index contributed by atoms with van der Waals surface area (Å²) in [6.45, 7) is 3.40. The maximum Gasteiger partial charge on any atom is 0.245 e. The van der Waals surface area contributed by atoms with Crippen molar-refractivity contribution in [1.29, 1.82) is 0 Å². The summed E-state index contributed by atoms with van der Waals surface area (Å²) in [6, 6.07) is 6.03. The topological polar surface area (TPSA) is 101 Å². The number of hydrogen-bond acceptors (Lipinski definition) is 5.